The molecule has 4 rings (SSSR count). The molecule has 1 amide bonds. The van der Waals surface area contributed by atoms with E-state index in [9.17, 15) is 9.59 Å². The number of aromatic nitrogens is 2. The van der Waals surface area contributed by atoms with Crippen molar-refractivity contribution in [1.82, 2.24) is 15.1 Å². The van der Waals surface area contributed by atoms with E-state index < -0.39 is 0 Å². The van der Waals surface area contributed by atoms with Gasteiger partial charge in [-0.15, -0.1) is 0 Å². The Balaban J connectivity index is 1.81. The Hall–Kier alpha value is -2.66. The molecule has 5 nitrogen and oxygen atoms in total. The van der Waals surface area contributed by atoms with Crippen molar-refractivity contribution in [1.29, 1.82) is 0 Å². The Morgan fingerprint density at radius 1 is 1.00 bits per heavy atom. The van der Waals surface area contributed by atoms with Gasteiger partial charge in [0.1, 0.15) is 0 Å². The predicted octanol–water partition coefficient (Wildman–Crippen LogP) is 4.10. The summed E-state index contributed by atoms with van der Waals surface area (Å²) in [5.74, 6) is -0.235. The average Bonchev–Trinajstić information content (AvgIpc) is 2.70. The quantitative estimate of drug-likeness (QED) is 0.742. The second kappa shape index (κ2) is 7.53. The number of benzene rings is 2. The topological polar surface area (TPSA) is 64.0 Å². The Morgan fingerprint density at radius 2 is 1.67 bits per heavy atom. The monoisotopic (exact) mass is 381 g/mol. The van der Waals surface area contributed by atoms with E-state index in [4.69, 9.17) is 11.6 Å². The van der Waals surface area contributed by atoms with Crippen LogP contribution in [0.15, 0.2) is 53.3 Å². The SMILES string of the molecule is O=C(NC1CCCCC1)c1nn(-c2ccc(Cl)cc2)c(=O)c2ccccc12. The summed E-state index contributed by atoms with van der Waals surface area (Å²) in [6, 6.07) is 14.1. The van der Waals surface area contributed by atoms with E-state index in [0.717, 1.165) is 25.7 Å². The highest BCUT2D eigenvalue weighted by molar-refractivity contribution is 6.30. The standard InChI is InChI=1S/C21H20ClN3O2/c22-14-10-12-16(13-11-14)25-21(27)18-9-5-4-8-17(18)19(24-25)20(26)23-15-6-2-1-3-7-15/h4-5,8-13,15H,1-3,6-7H2,(H,23,26). The molecule has 3 aromatic rings. The number of carbonyl (C=O) groups is 1. The van der Waals surface area contributed by atoms with Gasteiger partial charge in [-0.1, -0.05) is 49.1 Å². The van der Waals surface area contributed by atoms with Crippen LogP contribution in [0.4, 0.5) is 0 Å². The molecule has 1 fully saturated rings. The molecule has 1 aromatic heterocycles. The molecular formula is C21H20ClN3O2. The maximum atomic E-state index is 13.0. The molecule has 1 N–H and O–H groups in total. The first-order chi connectivity index (χ1) is 13.1. The third-order valence-corrected chi connectivity index (χ3v) is 5.28. The number of rotatable bonds is 3. The lowest BCUT2D eigenvalue weighted by molar-refractivity contribution is 0.0923. The normalized spacial score (nSPS) is 15.0. The molecule has 1 heterocycles. The first-order valence-electron chi connectivity index (χ1n) is 9.22. The zero-order valence-electron chi connectivity index (χ0n) is 14.8. The Bertz CT molecular complexity index is 1040. The van der Waals surface area contributed by atoms with E-state index in [-0.39, 0.29) is 23.2 Å². The minimum absolute atomic E-state index is 0.169. The van der Waals surface area contributed by atoms with E-state index in [1.165, 1.54) is 11.1 Å². The summed E-state index contributed by atoms with van der Waals surface area (Å²) in [4.78, 5) is 25.9. The molecule has 27 heavy (non-hydrogen) atoms. The highest BCUT2D eigenvalue weighted by Crippen LogP contribution is 2.20. The van der Waals surface area contributed by atoms with Crippen LogP contribution < -0.4 is 10.9 Å². The van der Waals surface area contributed by atoms with Gasteiger partial charge in [-0.3, -0.25) is 9.59 Å². The predicted molar refractivity (Wildman–Crippen MR) is 107 cm³/mol. The number of nitrogens with zero attached hydrogens (tertiary/aromatic N) is 2. The fourth-order valence-electron chi connectivity index (χ4n) is 3.62. The summed E-state index contributed by atoms with van der Waals surface area (Å²) in [7, 11) is 0. The van der Waals surface area contributed by atoms with Crippen molar-refractivity contribution >= 4 is 28.3 Å². The van der Waals surface area contributed by atoms with Crippen LogP contribution >= 0.6 is 11.6 Å². The summed E-state index contributed by atoms with van der Waals surface area (Å²) in [5.41, 5.74) is 0.578. The number of hydrogen-bond acceptors (Lipinski definition) is 3. The number of amides is 1. The van der Waals surface area contributed by atoms with Crippen LogP contribution in [0.2, 0.25) is 5.02 Å². The Kier molecular flexibility index (Phi) is 4.94. The third-order valence-electron chi connectivity index (χ3n) is 5.03. The van der Waals surface area contributed by atoms with Crippen LogP contribution in [0, 0.1) is 0 Å². The zero-order chi connectivity index (χ0) is 18.8. The van der Waals surface area contributed by atoms with E-state index in [1.807, 2.05) is 6.07 Å². The average molecular weight is 382 g/mol. The molecule has 1 aliphatic carbocycles. The smallest absolute Gasteiger partial charge is 0.279 e. The molecule has 0 unspecified atom stereocenters. The van der Waals surface area contributed by atoms with Gasteiger partial charge in [-0.2, -0.15) is 9.78 Å². The van der Waals surface area contributed by atoms with Gasteiger partial charge in [-0.05, 0) is 43.2 Å². The molecule has 138 valence electrons. The molecule has 0 saturated heterocycles. The van der Waals surface area contributed by atoms with E-state index in [1.54, 1.807) is 42.5 Å². The molecule has 0 atom stereocenters. The lowest BCUT2D eigenvalue weighted by Crippen LogP contribution is -2.38. The molecular weight excluding hydrogens is 362 g/mol. The van der Waals surface area contributed by atoms with Crippen molar-refractivity contribution < 1.29 is 4.79 Å². The first kappa shape index (κ1) is 17.7. The maximum absolute atomic E-state index is 13.0. The fraction of sp³-hybridized carbons (Fsp3) is 0.286. The summed E-state index contributed by atoms with van der Waals surface area (Å²) >= 11 is 5.95. The maximum Gasteiger partial charge on any atom is 0.279 e. The van der Waals surface area contributed by atoms with Crippen LogP contribution in [-0.4, -0.2) is 21.7 Å². The molecule has 0 spiro atoms. The molecule has 2 aromatic carbocycles. The van der Waals surface area contributed by atoms with Crippen LogP contribution in [-0.2, 0) is 0 Å². The van der Waals surface area contributed by atoms with Crippen molar-refractivity contribution in [2.24, 2.45) is 0 Å². The van der Waals surface area contributed by atoms with E-state index >= 15 is 0 Å². The Morgan fingerprint density at radius 3 is 2.37 bits per heavy atom. The van der Waals surface area contributed by atoms with E-state index in [2.05, 4.69) is 10.4 Å². The minimum atomic E-state index is -0.262. The minimum Gasteiger partial charge on any atom is -0.348 e. The largest absolute Gasteiger partial charge is 0.348 e. The van der Waals surface area contributed by atoms with Gasteiger partial charge in [0.25, 0.3) is 11.5 Å². The number of halogens is 1. The number of hydrogen-bond donors (Lipinski definition) is 1. The number of carbonyl (C=O) groups excluding carboxylic acids is 1. The molecule has 6 heteroatoms. The second-order valence-electron chi connectivity index (χ2n) is 6.90. The highest BCUT2D eigenvalue weighted by atomic mass is 35.5. The van der Waals surface area contributed by atoms with Gasteiger partial charge < -0.3 is 5.32 Å². The van der Waals surface area contributed by atoms with Crippen molar-refractivity contribution in [2.45, 2.75) is 38.1 Å². The van der Waals surface area contributed by atoms with Crippen molar-refractivity contribution in [3.8, 4) is 5.69 Å². The molecule has 0 bridgehead atoms. The van der Waals surface area contributed by atoms with Gasteiger partial charge in [0, 0.05) is 16.5 Å². The van der Waals surface area contributed by atoms with Crippen molar-refractivity contribution in [3.05, 3.63) is 69.6 Å². The summed E-state index contributed by atoms with van der Waals surface area (Å²) in [6.45, 7) is 0. The molecule has 1 saturated carbocycles. The second-order valence-corrected chi connectivity index (χ2v) is 7.33. The van der Waals surface area contributed by atoms with Crippen molar-refractivity contribution in [2.75, 3.05) is 0 Å². The van der Waals surface area contributed by atoms with Crippen LogP contribution in [0.3, 0.4) is 0 Å². The van der Waals surface area contributed by atoms with Gasteiger partial charge in [0.15, 0.2) is 5.69 Å². The van der Waals surface area contributed by atoms with Crippen LogP contribution in [0.5, 0.6) is 0 Å². The molecule has 0 radical (unpaired) electrons. The first-order valence-corrected chi connectivity index (χ1v) is 9.60. The summed E-state index contributed by atoms with van der Waals surface area (Å²) in [5, 5.41) is 9.12. The van der Waals surface area contributed by atoms with Crippen LogP contribution in [0.1, 0.15) is 42.6 Å². The van der Waals surface area contributed by atoms with Crippen LogP contribution in [0.25, 0.3) is 16.5 Å². The molecule has 0 aliphatic heterocycles. The van der Waals surface area contributed by atoms with E-state index in [0.29, 0.717) is 21.5 Å². The summed E-state index contributed by atoms with van der Waals surface area (Å²) in [6.07, 6.45) is 5.45. The lowest BCUT2D eigenvalue weighted by Gasteiger charge is -2.23. The zero-order valence-corrected chi connectivity index (χ0v) is 15.6. The van der Waals surface area contributed by atoms with Gasteiger partial charge in [0.05, 0.1) is 11.1 Å². The van der Waals surface area contributed by atoms with Gasteiger partial charge in [-0.25, -0.2) is 0 Å². The number of fused-ring (bicyclic) bond motifs is 1. The highest BCUT2D eigenvalue weighted by Gasteiger charge is 2.21. The number of nitrogens with one attached hydrogen (secondary N) is 1. The Labute approximate surface area is 162 Å². The van der Waals surface area contributed by atoms with Gasteiger partial charge in [0.2, 0.25) is 0 Å². The fourth-order valence-corrected chi connectivity index (χ4v) is 3.74. The molecule has 1 aliphatic rings. The summed E-state index contributed by atoms with van der Waals surface area (Å²) < 4.78 is 1.27. The third kappa shape index (κ3) is 3.60. The van der Waals surface area contributed by atoms with Gasteiger partial charge >= 0.3 is 0 Å². The lowest BCUT2D eigenvalue weighted by atomic mass is 9.95. The van der Waals surface area contributed by atoms with Crippen molar-refractivity contribution in [3.63, 3.8) is 0 Å².